The first kappa shape index (κ1) is 11.8. The maximum absolute atomic E-state index is 10.5. The molecule has 0 aliphatic rings. The molecule has 0 amide bonds. The van der Waals surface area contributed by atoms with Gasteiger partial charge in [0.15, 0.2) is 0 Å². The van der Waals surface area contributed by atoms with Crippen LogP contribution in [0.1, 0.15) is 5.56 Å². The number of benzene rings is 1. The number of nitrogens with zero attached hydrogens (tertiary/aromatic N) is 1. The van der Waals surface area contributed by atoms with Gasteiger partial charge < -0.3 is 5.73 Å². The first-order chi connectivity index (χ1) is 8.20. The molecule has 2 aromatic rings. The molecule has 1 aromatic carbocycles. The smallest absolute Gasteiger partial charge is 0.269 e. The summed E-state index contributed by atoms with van der Waals surface area (Å²) in [4.78, 5) is 11.3. The van der Waals surface area contributed by atoms with Gasteiger partial charge in [0.2, 0.25) is 0 Å². The van der Waals surface area contributed by atoms with Crippen molar-refractivity contribution in [2.45, 2.75) is 6.42 Å². The maximum Gasteiger partial charge on any atom is 0.269 e. The zero-order valence-electron chi connectivity index (χ0n) is 9.13. The lowest BCUT2D eigenvalue weighted by molar-refractivity contribution is -0.384. The molecule has 4 nitrogen and oxygen atoms in total. The zero-order chi connectivity index (χ0) is 12.3. The third kappa shape index (κ3) is 2.69. The number of nitro groups is 1. The van der Waals surface area contributed by atoms with Gasteiger partial charge in [-0.25, -0.2) is 0 Å². The van der Waals surface area contributed by atoms with E-state index in [1.54, 1.807) is 23.5 Å². The van der Waals surface area contributed by atoms with Gasteiger partial charge in [-0.15, -0.1) is 11.3 Å². The van der Waals surface area contributed by atoms with Gasteiger partial charge >= 0.3 is 0 Å². The predicted octanol–water partition coefficient (Wildman–Crippen LogP) is 2.82. The number of rotatable bonds is 4. The summed E-state index contributed by atoms with van der Waals surface area (Å²) in [7, 11) is 0. The minimum atomic E-state index is -0.391. The second-order valence-corrected chi connectivity index (χ2v) is 4.57. The fourth-order valence-corrected chi connectivity index (χ4v) is 2.53. The van der Waals surface area contributed by atoms with Crippen LogP contribution in [-0.2, 0) is 6.42 Å². The van der Waals surface area contributed by atoms with Gasteiger partial charge in [0.1, 0.15) is 0 Å². The fourth-order valence-electron chi connectivity index (χ4n) is 1.57. The van der Waals surface area contributed by atoms with E-state index in [4.69, 9.17) is 5.73 Å². The SMILES string of the molecule is NCCc1csc(-c2ccc([N+](=O)[O-])cc2)c1. The molecule has 0 bridgehead atoms. The van der Waals surface area contributed by atoms with Gasteiger partial charge in [0, 0.05) is 17.0 Å². The number of nitro benzene ring substituents is 1. The Labute approximate surface area is 103 Å². The number of hydrogen-bond acceptors (Lipinski definition) is 4. The van der Waals surface area contributed by atoms with Crippen LogP contribution in [0.5, 0.6) is 0 Å². The Bertz CT molecular complexity index is 520. The van der Waals surface area contributed by atoms with Crippen molar-refractivity contribution < 1.29 is 4.92 Å². The number of thiophene rings is 1. The van der Waals surface area contributed by atoms with Crippen molar-refractivity contribution in [2.24, 2.45) is 5.73 Å². The molecule has 88 valence electrons. The minimum absolute atomic E-state index is 0.118. The molecular weight excluding hydrogens is 236 g/mol. The van der Waals surface area contributed by atoms with Crippen molar-refractivity contribution in [1.82, 2.24) is 0 Å². The Balaban J connectivity index is 2.23. The van der Waals surface area contributed by atoms with Gasteiger partial charge in [-0.3, -0.25) is 10.1 Å². The normalized spacial score (nSPS) is 10.4. The molecule has 2 N–H and O–H groups in total. The van der Waals surface area contributed by atoms with E-state index in [-0.39, 0.29) is 5.69 Å². The van der Waals surface area contributed by atoms with Crippen LogP contribution in [0.15, 0.2) is 35.7 Å². The summed E-state index contributed by atoms with van der Waals surface area (Å²) >= 11 is 1.63. The van der Waals surface area contributed by atoms with E-state index in [2.05, 4.69) is 11.4 Å². The molecule has 2 rings (SSSR count). The predicted molar refractivity (Wildman–Crippen MR) is 69.2 cm³/mol. The van der Waals surface area contributed by atoms with Gasteiger partial charge in [0.05, 0.1) is 4.92 Å². The van der Waals surface area contributed by atoms with E-state index >= 15 is 0 Å². The third-order valence-electron chi connectivity index (χ3n) is 2.45. The molecule has 0 aliphatic carbocycles. The van der Waals surface area contributed by atoms with Gasteiger partial charge in [-0.1, -0.05) is 0 Å². The molecule has 0 unspecified atom stereocenters. The molecule has 1 heterocycles. The van der Waals surface area contributed by atoms with Crippen LogP contribution < -0.4 is 5.73 Å². The zero-order valence-corrected chi connectivity index (χ0v) is 9.94. The van der Waals surface area contributed by atoms with Crippen molar-refractivity contribution in [1.29, 1.82) is 0 Å². The van der Waals surface area contributed by atoms with Crippen molar-refractivity contribution in [2.75, 3.05) is 6.54 Å². The Morgan fingerprint density at radius 1 is 1.29 bits per heavy atom. The highest BCUT2D eigenvalue weighted by molar-refractivity contribution is 7.13. The van der Waals surface area contributed by atoms with Crippen LogP contribution >= 0.6 is 11.3 Å². The number of hydrogen-bond donors (Lipinski definition) is 1. The van der Waals surface area contributed by atoms with Crippen LogP contribution in [0.25, 0.3) is 10.4 Å². The minimum Gasteiger partial charge on any atom is -0.330 e. The standard InChI is InChI=1S/C12H12N2O2S/c13-6-5-9-7-12(17-8-9)10-1-3-11(4-2-10)14(15)16/h1-4,7-8H,5-6,13H2. The molecule has 5 heteroatoms. The second-order valence-electron chi connectivity index (χ2n) is 3.66. The topological polar surface area (TPSA) is 69.2 Å². The molecule has 1 aromatic heterocycles. The number of non-ortho nitro benzene ring substituents is 1. The summed E-state index contributed by atoms with van der Waals surface area (Å²) in [5, 5.41) is 12.6. The largest absolute Gasteiger partial charge is 0.330 e. The Morgan fingerprint density at radius 2 is 2.00 bits per heavy atom. The van der Waals surface area contributed by atoms with Crippen LogP contribution in [-0.4, -0.2) is 11.5 Å². The highest BCUT2D eigenvalue weighted by Gasteiger charge is 2.06. The van der Waals surface area contributed by atoms with Crippen LogP contribution in [0.4, 0.5) is 5.69 Å². The van der Waals surface area contributed by atoms with Crippen molar-refractivity contribution in [3.8, 4) is 10.4 Å². The molecule has 0 spiro atoms. The van der Waals surface area contributed by atoms with Crippen molar-refractivity contribution in [3.05, 3.63) is 51.4 Å². The van der Waals surface area contributed by atoms with E-state index in [0.29, 0.717) is 6.54 Å². The number of nitrogens with two attached hydrogens (primary N) is 1. The molecule has 17 heavy (non-hydrogen) atoms. The summed E-state index contributed by atoms with van der Waals surface area (Å²) in [5.41, 5.74) is 7.83. The average molecular weight is 248 g/mol. The summed E-state index contributed by atoms with van der Waals surface area (Å²) in [6, 6.07) is 8.68. The Hall–Kier alpha value is -1.72. The summed E-state index contributed by atoms with van der Waals surface area (Å²) < 4.78 is 0. The lowest BCUT2D eigenvalue weighted by atomic mass is 10.1. The van der Waals surface area contributed by atoms with Crippen molar-refractivity contribution in [3.63, 3.8) is 0 Å². The summed E-state index contributed by atoms with van der Waals surface area (Å²) in [5.74, 6) is 0. The highest BCUT2D eigenvalue weighted by Crippen LogP contribution is 2.28. The van der Waals surface area contributed by atoms with Gasteiger partial charge in [0.25, 0.3) is 5.69 Å². The molecule has 0 saturated heterocycles. The van der Waals surface area contributed by atoms with Crippen LogP contribution in [0.2, 0.25) is 0 Å². The van der Waals surface area contributed by atoms with Gasteiger partial charge in [-0.2, -0.15) is 0 Å². The lowest BCUT2D eigenvalue weighted by Crippen LogP contribution is -2.01. The van der Waals surface area contributed by atoms with E-state index in [0.717, 1.165) is 16.9 Å². The van der Waals surface area contributed by atoms with Crippen molar-refractivity contribution >= 4 is 17.0 Å². The average Bonchev–Trinajstić information content (AvgIpc) is 2.78. The molecule has 0 aliphatic heterocycles. The Kier molecular flexibility index (Phi) is 3.51. The molecular formula is C12H12N2O2S. The summed E-state index contributed by atoms with van der Waals surface area (Å²) in [6.07, 6.45) is 0.865. The van der Waals surface area contributed by atoms with Crippen LogP contribution in [0, 0.1) is 10.1 Å². The first-order valence-electron chi connectivity index (χ1n) is 5.23. The van der Waals surface area contributed by atoms with E-state index in [9.17, 15) is 10.1 Å². The molecule has 0 fully saturated rings. The second kappa shape index (κ2) is 5.07. The first-order valence-corrected chi connectivity index (χ1v) is 6.11. The molecule has 0 radical (unpaired) electrons. The Morgan fingerprint density at radius 3 is 2.59 bits per heavy atom. The van der Waals surface area contributed by atoms with E-state index in [1.165, 1.54) is 17.7 Å². The highest BCUT2D eigenvalue weighted by atomic mass is 32.1. The quantitative estimate of drug-likeness (QED) is 0.668. The maximum atomic E-state index is 10.5. The van der Waals surface area contributed by atoms with Gasteiger partial charge in [-0.05, 0) is 47.7 Å². The lowest BCUT2D eigenvalue weighted by Gasteiger charge is -1.96. The van der Waals surface area contributed by atoms with Crippen LogP contribution in [0.3, 0.4) is 0 Å². The van der Waals surface area contributed by atoms with E-state index in [1.807, 2.05) is 0 Å². The van der Waals surface area contributed by atoms with E-state index < -0.39 is 4.92 Å². The molecule has 0 saturated carbocycles. The third-order valence-corrected chi connectivity index (χ3v) is 3.48. The fraction of sp³-hybridized carbons (Fsp3) is 0.167. The monoisotopic (exact) mass is 248 g/mol. The summed E-state index contributed by atoms with van der Waals surface area (Å²) in [6.45, 7) is 0.635. The molecule has 0 atom stereocenters.